The van der Waals surface area contributed by atoms with Crippen LogP contribution >= 0.6 is 24.0 Å². The number of halogens is 2. The first kappa shape index (κ1) is 23.1. The molecule has 0 amide bonds. The number of ether oxygens (including phenoxy) is 1. The molecule has 1 saturated heterocycles. The van der Waals surface area contributed by atoms with E-state index < -0.39 is 0 Å². The van der Waals surface area contributed by atoms with Crippen molar-refractivity contribution in [2.24, 2.45) is 10.9 Å². The number of hydrogen-bond acceptors (Lipinski definition) is 2. The Morgan fingerprint density at radius 3 is 2.81 bits per heavy atom. The van der Waals surface area contributed by atoms with Gasteiger partial charge < -0.3 is 15.0 Å². The van der Waals surface area contributed by atoms with Gasteiger partial charge in [-0.1, -0.05) is 26.0 Å². The summed E-state index contributed by atoms with van der Waals surface area (Å²) in [5.41, 5.74) is 0.760. The van der Waals surface area contributed by atoms with E-state index in [1.165, 1.54) is 6.07 Å². The summed E-state index contributed by atoms with van der Waals surface area (Å²) >= 11 is 0. The summed E-state index contributed by atoms with van der Waals surface area (Å²) in [7, 11) is 0. The molecule has 1 N–H and O–H groups in total. The lowest BCUT2D eigenvalue weighted by Gasteiger charge is -2.26. The van der Waals surface area contributed by atoms with Crippen LogP contribution in [0.1, 0.15) is 39.7 Å². The highest BCUT2D eigenvalue weighted by molar-refractivity contribution is 14.0. The Labute approximate surface area is 174 Å². The van der Waals surface area contributed by atoms with Crippen LogP contribution in [0.25, 0.3) is 0 Å². The van der Waals surface area contributed by atoms with Gasteiger partial charge >= 0.3 is 0 Å². The molecule has 4 nitrogen and oxygen atoms in total. The standard InChI is InChI=1S/C20H32FN3O.HI/c1-5-22-19(24-11-10-16(13-24)14-25-6-2)23-15-20(3,4)17-8-7-9-18(21)12-17;/h7-9,12,16H,5-6,10-11,13-15H2,1-4H3,(H,22,23);1H. The molecular formula is C20H33FIN3O. The van der Waals surface area contributed by atoms with Crippen LogP contribution in [0, 0.1) is 11.7 Å². The van der Waals surface area contributed by atoms with Crippen LogP contribution in [-0.2, 0) is 10.2 Å². The topological polar surface area (TPSA) is 36.9 Å². The minimum absolute atomic E-state index is 0. The molecule has 1 aromatic carbocycles. The fourth-order valence-corrected chi connectivity index (χ4v) is 3.14. The number of rotatable bonds is 7. The van der Waals surface area contributed by atoms with Gasteiger partial charge in [-0.3, -0.25) is 4.99 Å². The van der Waals surface area contributed by atoms with E-state index in [0.717, 1.165) is 50.8 Å². The van der Waals surface area contributed by atoms with Gasteiger partial charge in [0.15, 0.2) is 5.96 Å². The van der Waals surface area contributed by atoms with Crippen LogP contribution < -0.4 is 5.32 Å². The molecule has 1 aliphatic rings. The molecule has 0 radical (unpaired) electrons. The zero-order chi connectivity index (χ0) is 18.3. The molecule has 0 bridgehead atoms. The maximum Gasteiger partial charge on any atom is 0.193 e. The van der Waals surface area contributed by atoms with Gasteiger partial charge in [-0.05, 0) is 38.0 Å². The van der Waals surface area contributed by atoms with Gasteiger partial charge in [0.1, 0.15) is 5.82 Å². The molecular weight excluding hydrogens is 444 g/mol. The molecule has 0 saturated carbocycles. The summed E-state index contributed by atoms with van der Waals surface area (Å²) in [6, 6.07) is 6.83. The minimum Gasteiger partial charge on any atom is -0.381 e. The van der Waals surface area contributed by atoms with Gasteiger partial charge in [-0.2, -0.15) is 0 Å². The summed E-state index contributed by atoms with van der Waals surface area (Å²) in [5, 5.41) is 3.40. The number of benzene rings is 1. The Hall–Kier alpha value is -0.890. The van der Waals surface area contributed by atoms with Crippen LogP contribution in [0.2, 0.25) is 0 Å². The van der Waals surface area contributed by atoms with E-state index in [9.17, 15) is 4.39 Å². The van der Waals surface area contributed by atoms with E-state index >= 15 is 0 Å². The SMILES string of the molecule is CCNC(=NCC(C)(C)c1cccc(F)c1)N1CCC(COCC)C1.I. The third-order valence-corrected chi connectivity index (χ3v) is 4.71. The van der Waals surface area contributed by atoms with Gasteiger partial charge in [0, 0.05) is 37.6 Å². The van der Waals surface area contributed by atoms with Crippen molar-refractivity contribution in [1.82, 2.24) is 10.2 Å². The summed E-state index contributed by atoms with van der Waals surface area (Å²) in [6.45, 7) is 13.4. The molecule has 1 atom stereocenters. The molecule has 6 heteroatoms. The van der Waals surface area contributed by atoms with Crippen LogP contribution in [0.3, 0.4) is 0 Å². The minimum atomic E-state index is -0.215. The first-order valence-corrected chi connectivity index (χ1v) is 9.33. The number of guanidine groups is 1. The molecule has 0 aromatic heterocycles. The number of likely N-dealkylation sites (tertiary alicyclic amines) is 1. The fraction of sp³-hybridized carbons (Fsp3) is 0.650. The number of nitrogens with one attached hydrogen (secondary N) is 1. The summed E-state index contributed by atoms with van der Waals surface area (Å²) < 4.78 is 19.1. The molecule has 26 heavy (non-hydrogen) atoms. The lowest BCUT2D eigenvalue weighted by molar-refractivity contribution is 0.114. The highest BCUT2D eigenvalue weighted by atomic mass is 127. The summed E-state index contributed by atoms with van der Waals surface area (Å²) in [6.07, 6.45) is 1.14. The predicted molar refractivity (Wildman–Crippen MR) is 117 cm³/mol. The second-order valence-electron chi connectivity index (χ2n) is 7.32. The van der Waals surface area contributed by atoms with Crippen LogP contribution in [-0.4, -0.2) is 50.3 Å². The van der Waals surface area contributed by atoms with E-state index in [0.29, 0.717) is 12.5 Å². The Morgan fingerprint density at radius 1 is 1.38 bits per heavy atom. The maximum absolute atomic E-state index is 13.5. The first-order chi connectivity index (χ1) is 12.0. The average molecular weight is 477 g/mol. The third-order valence-electron chi connectivity index (χ3n) is 4.71. The molecule has 0 spiro atoms. The largest absolute Gasteiger partial charge is 0.381 e. The molecule has 1 aliphatic heterocycles. The lowest BCUT2D eigenvalue weighted by Crippen LogP contribution is -2.41. The normalized spacial score (nSPS) is 18.0. The van der Waals surface area contributed by atoms with Gasteiger partial charge in [0.25, 0.3) is 0 Å². The molecule has 1 fully saturated rings. The molecule has 1 heterocycles. The van der Waals surface area contributed by atoms with E-state index in [1.807, 2.05) is 13.0 Å². The second kappa shape index (κ2) is 11.1. The van der Waals surface area contributed by atoms with Crippen LogP contribution in [0.5, 0.6) is 0 Å². The summed E-state index contributed by atoms with van der Waals surface area (Å²) in [5.74, 6) is 1.32. The number of hydrogen-bond donors (Lipinski definition) is 1. The highest BCUT2D eigenvalue weighted by Gasteiger charge is 2.26. The van der Waals surface area contributed by atoms with Crippen molar-refractivity contribution in [1.29, 1.82) is 0 Å². The molecule has 0 aliphatic carbocycles. The number of nitrogens with zero attached hydrogens (tertiary/aromatic N) is 2. The third kappa shape index (κ3) is 6.68. The Morgan fingerprint density at radius 2 is 2.15 bits per heavy atom. The van der Waals surface area contributed by atoms with E-state index in [-0.39, 0.29) is 35.2 Å². The van der Waals surface area contributed by atoms with Crippen molar-refractivity contribution >= 4 is 29.9 Å². The van der Waals surface area contributed by atoms with Crippen molar-refractivity contribution in [2.45, 2.75) is 39.5 Å². The fourth-order valence-electron chi connectivity index (χ4n) is 3.14. The van der Waals surface area contributed by atoms with E-state index in [2.05, 4.69) is 31.0 Å². The van der Waals surface area contributed by atoms with Gasteiger partial charge in [-0.15, -0.1) is 24.0 Å². The Kier molecular flexibility index (Phi) is 9.85. The van der Waals surface area contributed by atoms with Gasteiger partial charge in [-0.25, -0.2) is 4.39 Å². The van der Waals surface area contributed by atoms with Crippen molar-refractivity contribution in [3.63, 3.8) is 0 Å². The zero-order valence-corrected chi connectivity index (χ0v) is 18.8. The monoisotopic (exact) mass is 477 g/mol. The van der Waals surface area contributed by atoms with Gasteiger partial charge in [0.2, 0.25) is 0 Å². The van der Waals surface area contributed by atoms with Crippen molar-refractivity contribution in [2.75, 3.05) is 39.4 Å². The van der Waals surface area contributed by atoms with Gasteiger partial charge in [0.05, 0.1) is 13.2 Å². The zero-order valence-electron chi connectivity index (χ0n) is 16.4. The summed E-state index contributed by atoms with van der Waals surface area (Å²) in [4.78, 5) is 7.17. The second-order valence-corrected chi connectivity index (χ2v) is 7.32. The Balaban J connectivity index is 0.00000338. The first-order valence-electron chi connectivity index (χ1n) is 9.33. The Bertz CT molecular complexity index is 580. The quantitative estimate of drug-likeness (QED) is 0.366. The lowest BCUT2D eigenvalue weighted by atomic mass is 9.85. The van der Waals surface area contributed by atoms with E-state index in [4.69, 9.17) is 9.73 Å². The van der Waals surface area contributed by atoms with Crippen molar-refractivity contribution in [3.05, 3.63) is 35.6 Å². The van der Waals surface area contributed by atoms with E-state index in [1.54, 1.807) is 12.1 Å². The van der Waals surface area contributed by atoms with Crippen molar-refractivity contribution in [3.8, 4) is 0 Å². The van der Waals surface area contributed by atoms with Crippen LogP contribution in [0.4, 0.5) is 4.39 Å². The molecule has 2 rings (SSSR count). The smallest absolute Gasteiger partial charge is 0.193 e. The number of aliphatic imine (C=N–C) groups is 1. The predicted octanol–water partition coefficient (Wildman–Crippen LogP) is 4.05. The van der Waals surface area contributed by atoms with Crippen LogP contribution in [0.15, 0.2) is 29.3 Å². The average Bonchev–Trinajstić information content (AvgIpc) is 3.05. The molecule has 148 valence electrons. The van der Waals surface area contributed by atoms with Crippen molar-refractivity contribution < 1.29 is 9.13 Å². The molecule has 1 unspecified atom stereocenters. The highest BCUT2D eigenvalue weighted by Crippen LogP contribution is 2.24. The molecule has 1 aromatic rings. The maximum atomic E-state index is 13.5.